The Morgan fingerprint density at radius 1 is 0.690 bits per heavy atom. The van der Waals surface area contributed by atoms with Gasteiger partial charge < -0.3 is 4.74 Å². The maximum absolute atomic E-state index is 14.7. The average molecular weight is 758 g/mol. The van der Waals surface area contributed by atoms with Gasteiger partial charge in [0.2, 0.25) is 0 Å². The van der Waals surface area contributed by atoms with Crippen LogP contribution in [0, 0.1) is 29.6 Å². The van der Waals surface area contributed by atoms with Crippen LogP contribution >= 0.6 is 22.6 Å². The number of esters is 1. The minimum absolute atomic E-state index is 0.257. The van der Waals surface area contributed by atoms with Crippen molar-refractivity contribution >= 4 is 28.6 Å². The fourth-order valence-electron chi connectivity index (χ4n) is 7.01. The number of hydrogen-bond acceptors (Lipinski definition) is 2. The van der Waals surface area contributed by atoms with Crippen molar-refractivity contribution in [2.45, 2.75) is 110 Å². The van der Waals surface area contributed by atoms with E-state index in [-0.39, 0.29) is 11.8 Å². The van der Waals surface area contributed by atoms with E-state index in [1.165, 1.54) is 0 Å². The summed E-state index contributed by atoms with van der Waals surface area (Å²) in [6.07, 6.45) is -7.08. The van der Waals surface area contributed by atoms with Crippen LogP contribution in [0.5, 0.6) is 0 Å². The predicted molar refractivity (Wildman–Crippen MR) is 123 cm³/mol. The van der Waals surface area contributed by atoms with Gasteiger partial charge in [0.15, 0.2) is 0 Å². The second-order valence-corrected chi connectivity index (χ2v) is 14.5. The summed E-state index contributed by atoms with van der Waals surface area (Å²) in [6, 6.07) is 0. The monoisotopic (exact) mass is 758 g/mol. The minimum atomic E-state index is -8.36. The molecule has 0 aromatic heterocycles. The van der Waals surface area contributed by atoms with Crippen LogP contribution in [0.15, 0.2) is 0 Å². The third-order valence-electron chi connectivity index (χ3n) is 8.96. The summed E-state index contributed by atoms with van der Waals surface area (Å²) in [7, 11) is 0. The molecule has 42 heavy (non-hydrogen) atoms. The largest absolute Gasteiger partial charge is 0.460 e. The molecule has 4 fully saturated rings. The van der Waals surface area contributed by atoms with Gasteiger partial charge in [0.25, 0.3) is 0 Å². The molecule has 0 heterocycles. The molecule has 0 saturated heterocycles. The highest BCUT2D eigenvalue weighted by molar-refractivity contribution is 14.1. The molecule has 1 unspecified atom stereocenters. The first-order chi connectivity index (χ1) is 18.4. The highest BCUT2D eigenvalue weighted by Gasteiger charge is 2.93. The Balaban J connectivity index is 1.92. The molecule has 18 heteroatoms. The molecular formula is C24H26F15IO2. The number of alkyl halides is 16. The summed E-state index contributed by atoms with van der Waals surface area (Å²) in [5.41, 5.74) is -1.27. The van der Waals surface area contributed by atoms with E-state index in [0.717, 1.165) is 29.0 Å². The van der Waals surface area contributed by atoms with Crippen molar-refractivity contribution < 1.29 is 75.4 Å². The van der Waals surface area contributed by atoms with Crippen molar-refractivity contribution in [3.63, 3.8) is 0 Å². The van der Waals surface area contributed by atoms with Crippen LogP contribution in [0.25, 0.3) is 0 Å². The molecule has 2 nitrogen and oxygen atoms in total. The number of hydrogen-bond donors (Lipinski definition) is 0. The van der Waals surface area contributed by atoms with Gasteiger partial charge in [-0.1, -0.05) is 36.4 Å². The van der Waals surface area contributed by atoms with Crippen molar-refractivity contribution in [1.29, 1.82) is 0 Å². The summed E-state index contributed by atoms with van der Waals surface area (Å²) in [4.78, 5) is 13.1. The summed E-state index contributed by atoms with van der Waals surface area (Å²) in [5, 5.41) is 0. The fraction of sp³-hybridized carbons (Fsp3) is 0.958. The standard InChI is InChI=1S/C24H26F15IO2/c1-10(2)18(13-5-11-4-12(7-13)8-14(18)6-11)42-15(41)16(3,40)9-17(25,26)19(27,28)20(29,30)21(31,32)22(33,34)23(35,36)24(37,38)39/h10-14H,4-9H2,1-3H3. The Morgan fingerprint density at radius 3 is 1.40 bits per heavy atom. The first kappa shape index (κ1) is 35.6. The van der Waals surface area contributed by atoms with Crippen LogP contribution in [0.2, 0.25) is 0 Å². The highest BCUT2D eigenvalue weighted by Crippen LogP contribution is 2.64. The topological polar surface area (TPSA) is 26.3 Å². The zero-order valence-electron chi connectivity index (χ0n) is 22.0. The van der Waals surface area contributed by atoms with Gasteiger partial charge in [0, 0.05) is 6.42 Å². The molecule has 0 N–H and O–H groups in total. The zero-order valence-corrected chi connectivity index (χ0v) is 24.2. The van der Waals surface area contributed by atoms with E-state index in [2.05, 4.69) is 0 Å². The molecule has 0 aromatic rings. The van der Waals surface area contributed by atoms with Gasteiger partial charge in [-0.15, -0.1) is 0 Å². The van der Waals surface area contributed by atoms with E-state index in [0.29, 0.717) is 44.4 Å². The smallest absolute Gasteiger partial charge is 0.457 e. The number of carbonyl (C=O) groups excluding carboxylic acids is 1. The predicted octanol–water partition coefficient (Wildman–Crippen LogP) is 9.34. The number of halogens is 16. The Kier molecular flexibility index (Phi) is 8.55. The fourth-order valence-corrected chi connectivity index (χ4v) is 7.60. The Labute approximate surface area is 243 Å². The van der Waals surface area contributed by atoms with Crippen LogP contribution in [0.1, 0.15) is 59.3 Å². The first-order valence-corrected chi connectivity index (χ1v) is 13.8. The van der Waals surface area contributed by atoms with Crippen LogP contribution in [-0.4, -0.2) is 56.7 Å². The van der Waals surface area contributed by atoms with Crippen LogP contribution in [-0.2, 0) is 9.53 Å². The second kappa shape index (κ2) is 10.1. The lowest BCUT2D eigenvalue weighted by Crippen LogP contribution is -2.73. The lowest BCUT2D eigenvalue weighted by atomic mass is 9.47. The van der Waals surface area contributed by atoms with E-state index in [1.807, 2.05) is 0 Å². The third kappa shape index (κ3) is 4.87. The SMILES string of the molecule is CC(C)C1(OC(=O)C(C)(I)CC(F)(F)C(F)(F)C(F)(F)C(F)(F)C(F)(F)C(F)(F)C(F)(F)F)C2CC3CC(C2)CC1C3. The van der Waals surface area contributed by atoms with Crippen LogP contribution in [0.3, 0.4) is 0 Å². The van der Waals surface area contributed by atoms with Crippen LogP contribution < -0.4 is 0 Å². The van der Waals surface area contributed by atoms with E-state index < -0.39 is 69.0 Å². The van der Waals surface area contributed by atoms with E-state index in [4.69, 9.17) is 4.74 Å². The quantitative estimate of drug-likeness (QED) is 0.0962. The van der Waals surface area contributed by atoms with Gasteiger partial charge in [-0.3, -0.25) is 4.79 Å². The molecule has 0 spiro atoms. The molecule has 0 aromatic carbocycles. The normalized spacial score (nSPS) is 31.0. The molecule has 4 bridgehead atoms. The molecule has 4 aliphatic rings. The molecule has 0 aliphatic heterocycles. The molecular weight excluding hydrogens is 732 g/mol. The van der Waals surface area contributed by atoms with Gasteiger partial charge in [0.1, 0.15) is 9.02 Å². The molecule has 4 saturated carbocycles. The van der Waals surface area contributed by atoms with Crippen molar-refractivity contribution in [2.75, 3.05) is 0 Å². The highest BCUT2D eigenvalue weighted by atomic mass is 127. The zero-order chi connectivity index (χ0) is 32.9. The minimum Gasteiger partial charge on any atom is -0.457 e. The number of carbonyl (C=O) groups is 1. The maximum Gasteiger partial charge on any atom is 0.460 e. The summed E-state index contributed by atoms with van der Waals surface area (Å²) < 4.78 is 207. The number of rotatable bonds is 10. The molecule has 0 amide bonds. The Hall–Kier alpha value is -0.850. The van der Waals surface area contributed by atoms with Crippen molar-refractivity contribution in [3.05, 3.63) is 0 Å². The lowest BCUT2D eigenvalue weighted by molar-refractivity contribution is -0.452. The van der Waals surface area contributed by atoms with Crippen molar-refractivity contribution in [1.82, 2.24) is 0 Å². The van der Waals surface area contributed by atoms with Crippen LogP contribution in [0.4, 0.5) is 65.9 Å². The Bertz CT molecular complexity index is 1020. The van der Waals surface area contributed by atoms with Gasteiger partial charge in [-0.05, 0) is 68.6 Å². The lowest BCUT2D eigenvalue weighted by Gasteiger charge is -2.62. The molecule has 1 atom stereocenters. The first-order valence-electron chi connectivity index (χ1n) is 12.7. The third-order valence-corrected chi connectivity index (χ3v) is 9.78. The van der Waals surface area contributed by atoms with Crippen molar-refractivity contribution in [3.8, 4) is 0 Å². The summed E-state index contributed by atoms with van der Waals surface area (Å²) in [5.74, 6) is -49.1. The van der Waals surface area contributed by atoms with Gasteiger partial charge in [-0.25, -0.2) is 0 Å². The van der Waals surface area contributed by atoms with E-state index >= 15 is 0 Å². The molecule has 0 radical (unpaired) electrons. The molecule has 246 valence electrons. The van der Waals surface area contributed by atoms with Gasteiger partial charge >= 0.3 is 47.7 Å². The second-order valence-electron chi connectivity index (χ2n) is 12.2. The summed E-state index contributed by atoms with van der Waals surface area (Å²) in [6.45, 7) is 3.80. The van der Waals surface area contributed by atoms with Gasteiger partial charge in [0.05, 0.1) is 0 Å². The van der Waals surface area contributed by atoms with E-state index in [9.17, 15) is 70.7 Å². The molecule has 4 aliphatic carbocycles. The summed E-state index contributed by atoms with van der Waals surface area (Å²) >= 11 is 0.802. The Morgan fingerprint density at radius 2 is 1.05 bits per heavy atom. The van der Waals surface area contributed by atoms with Gasteiger partial charge in [-0.2, -0.15) is 65.9 Å². The molecule has 4 rings (SSSR count). The van der Waals surface area contributed by atoms with Crippen molar-refractivity contribution in [2.24, 2.45) is 29.6 Å². The number of ether oxygens (including phenoxy) is 1. The van der Waals surface area contributed by atoms with E-state index in [1.54, 1.807) is 13.8 Å². The average Bonchev–Trinajstić information content (AvgIpc) is 2.78. The maximum atomic E-state index is 14.7.